The second kappa shape index (κ2) is 4.97. The lowest BCUT2D eigenvalue weighted by atomic mass is 9.74. The zero-order valence-electron chi connectivity index (χ0n) is 11.2. The number of hydrogen-bond acceptors (Lipinski definition) is 2. The van der Waals surface area contributed by atoms with E-state index in [-0.39, 0.29) is 17.4 Å². The fraction of sp³-hybridized carbons (Fsp3) is 0.929. The van der Waals surface area contributed by atoms with E-state index in [4.69, 9.17) is 5.73 Å². The summed E-state index contributed by atoms with van der Waals surface area (Å²) >= 11 is 0. The van der Waals surface area contributed by atoms with E-state index in [0.717, 1.165) is 38.0 Å². The molecule has 3 N–H and O–H groups in total. The van der Waals surface area contributed by atoms with E-state index in [0.29, 0.717) is 6.04 Å². The van der Waals surface area contributed by atoms with Gasteiger partial charge in [-0.3, -0.25) is 4.79 Å². The van der Waals surface area contributed by atoms with E-state index >= 15 is 0 Å². The van der Waals surface area contributed by atoms with Crippen LogP contribution in [0.3, 0.4) is 0 Å². The Labute approximate surface area is 105 Å². The van der Waals surface area contributed by atoms with Crippen LogP contribution in [0.25, 0.3) is 0 Å². The standard InChI is InChI=1S/C14H26N2O/c1-10(9-11-6-7-11)16-13(17)12-5-3-4-8-14(12,2)15/h10-12H,3-9,15H2,1-2H3,(H,16,17). The highest BCUT2D eigenvalue weighted by molar-refractivity contribution is 5.80. The van der Waals surface area contributed by atoms with E-state index in [1.165, 1.54) is 12.8 Å². The van der Waals surface area contributed by atoms with Crippen molar-refractivity contribution in [2.24, 2.45) is 17.6 Å². The third kappa shape index (κ3) is 3.44. The van der Waals surface area contributed by atoms with E-state index in [1.54, 1.807) is 0 Å². The Morgan fingerprint density at radius 1 is 1.41 bits per heavy atom. The summed E-state index contributed by atoms with van der Waals surface area (Å²) in [5, 5.41) is 3.16. The fourth-order valence-corrected chi connectivity index (χ4v) is 3.04. The first kappa shape index (κ1) is 12.9. The Morgan fingerprint density at radius 2 is 2.12 bits per heavy atom. The number of amides is 1. The number of carbonyl (C=O) groups excluding carboxylic acids is 1. The topological polar surface area (TPSA) is 55.1 Å². The first-order valence-electron chi connectivity index (χ1n) is 7.08. The Hall–Kier alpha value is -0.570. The molecule has 3 heteroatoms. The lowest BCUT2D eigenvalue weighted by molar-refractivity contribution is -0.128. The van der Waals surface area contributed by atoms with Crippen LogP contribution in [0.1, 0.15) is 58.8 Å². The van der Waals surface area contributed by atoms with Gasteiger partial charge in [0.25, 0.3) is 0 Å². The molecule has 3 atom stereocenters. The molecule has 2 aliphatic carbocycles. The normalized spacial score (nSPS) is 35.4. The number of nitrogens with one attached hydrogen (secondary N) is 1. The maximum Gasteiger partial charge on any atom is 0.225 e. The molecule has 0 aromatic carbocycles. The van der Waals surface area contributed by atoms with E-state index in [9.17, 15) is 4.79 Å². The molecule has 0 bridgehead atoms. The zero-order valence-corrected chi connectivity index (χ0v) is 11.2. The molecule has 17 heavy (non-hydrogen) atoms. The van der Waals surface area contributed by atoms with Gasteiger partial charge in [-0.1, -0.05) is 25.7 Å². The van der Waals surface area contributed by atoms with Crippen molar-refractivity contribution in [1.82, 2.24) is 5.32 Å². The summed E-state index contributed by atoms with van der Waals surface area (Å²) in [6.07, 6.45) is 8.06. The van der Waals surface area contributed by atoms with Gasteiger partial charge in [0.2, 0.25) is 5.91 Å². The van der Waals surface area contributed by atoms with Crippen molar-refractivity contribution < 1.29 is 4.79 Å². The monoisotopic (exact) mass is 238 g/mol. The Bertz CT molecular complexity index is 284. The third-order valence-electron chi connectivity index (χ3n) is 4.34. The molecular weight excluding hydrogens is 212 g/mol. The van der Waals surface area contributed by atoms with Crippen LogP contribution in [-0.2, 0) is 4.79 Å². The van der Waals surface area contributed by atoms with E-state index in [2.05, 4.69) is 12.2 Å². The van der Waals surface area contributed by atoms with Crippen molar-refractivity contribution in [2.45, 2.75) is 70.4 Å². The van der Waals surface area contributed by atoms with Gasteiger partial charge in [0, 0.05) is 11.6 Å². The summed E-state index contributed by atoms with van der Waals surface area (Å²) in [5.74, 6) is 1.06. The summed E-state index contributed by atoms with van der Waals surface area (Å²) in [6, 6.07) is 0.313. The Morgan fingerprint density at radius 3 is 2.71 bits per heavy atom. The van der Waals surface area contributed by atoms with Gasteiger partial charge in [0.1, 0.15) is 0 Å². The van der Waals surface area contributed by atoms with Crippen LogP contribution in [0.2, 0.25) is 0 Å². The molecule has 0 aromatic rings. The van der Waals surface area contributed by atoms with Crippen LogP contribution in [0.15, 0.2) is 0 Å². The van der Waals surface area contributed by atoms with Crippen LogP contribution in [-0.4, -0.2) is 17.5 Å². The van der Waals surface area contributed by atoms with Gasteiger partial charge in [-0.25, -0.2) is 0 Å². The lowest BCUT2D eigenvalue weighted by Gasteiger charge is -2.37. The predicted octanol–water partition coefficient (Wildman–Crippen LogP) is 2.20. The number of nitrogens with two attached hydrogens (primary N) is 1. The van der Waals surface area contributed by atoms with Gasteiger partial charge in [-0.05, 0) is 39.0 Å². The quantitative estimate of drug-likeness (QED) is 0.789. The van der Waals surface area contributed by atoms with Crippen LogP contribution in [0.5, 0.6) is 0 Å². The van der Waals surface area contributed by atoms with E-state index < -0.39 is 0 Å². The number of carbonyl (C=O) groups is 1. The average molecular weight is 238 g/mol. The highest BCUT2D eigenvalue weighted by Crippen LogP contribution is 2.34. The molecule has 2 fully saturated rings. The largest absolute Gasteiger partial charge is 0.353 e. The first-order valence-corrected chi connectivity index (χ1v) is 7.08. The molecule has 2 rings (SSSR count). The van der Waals surface area contributed by atoms with Crippen LogP contribution in [0.4, 0.5) is 0 Å². The van der Waals surface area contributed by atoms with Crippen molar-refractivity contribution in [3.8, 4) is 0 Å². The summed E-state index contributed by atoms with van der Waals surface area (Å²) in [6.45, 7) is 4.15. The SMILES string of the molecule is CC(CC1CC1)NC(=O)C1CCCCC1(C)N. The van der Waals surface area contributed by atoms with Crippen molar-refractivity contribution in [3.05, 3.63) is 0 Å². The minimum Gasteiger partial charge on any atom is -0.353 e. The summed E-state index contributed by atoms with van der Waals surface area (Å²) in [7, 11) is 0. The lowest BCUT2D eigenvalue weighted by Crippen LogP contribution is -2.54. The molecule has 2 saturated carbocycles. The van der Waals surface area contributed by atoms with Gasteiger partial charge >= 0.3 is 0 Å². The molecule has 1 amide bonds. The molecule has 0 aliphatic heterocycles. The predicted molar refractivity (Wildman–Crippen MR) is 69.5 cm³/mol. The average Bonchev–Trinajstić information content (AvgIpc) is 3.00. The molecular formula is C14H26N2O. The third-order valence-corrected chi connectivity index (χ3v) is 4.34. The molecule has 0 aromatic heterocycles. The summed E-state index contributed by atoms with van der Waals surface area (Å²) in [5.41, 5.74) is 5.95. The maximum atomic E-state index is 12.2. The smallest absolute Gasteiger partial charge is 0.225 e. The summed E-state index contributed by atoms with van der Waals surface area (Å²) < 4.78 is 0. The van der Waals surface area contributed by atoms with Crippen molar-refractivity contribution in [2.75, 3.05) is 0 Å². The highest BCUT2D eigenvalue weighted by atomic mass is 16.2. The van der Waals surface area contributed by atoms with Crippen LogP contribution < -0.4 is 11.1 Å². The summed E-state index contributed by atoms with van der Waals surface area (Å²) in [4.78, 5) is 12.2. The minimum atomic E-state index is -0.304. The zero-order chi connectivity index (χ0) is 12.5. The fourth-order valence-electron chi connectivity index (χ4n) is 3.04. The van der Waals surface area contributed by atoms with Gasteiger partial charge in [-0.15, -0.1) is 0 Å². The molecule has 3 unspecified atom stereocenters. The first-order chi connectivity index (χ1) is 7.99. The van der Waals surface area contributed by atoms with Crippen molar-refractivity contribution >= 4 is 5.91 Å². The number of rotatable bonds is 4. The molecule has 0 radical (unpaired) electrons. The van der Waals surface area contributed by atoms with Crippen LogP contribution >= 0.6 is 0 Å². The molecule has 0 saturated heterocycles. The number of hydrogen-bond donors (Lipinski definition) is 2. The minimum absolute atomic E-state index is 0.0119. The Kier molecular flexibility index (Phi) is 3.76. The molecule has 98 valence electrons. The van der Waals surface area contributed by atoms with Gasteiger partial charge < -0.3 is 11.1 Å². The molecule has 0 heterocycles. The van der Waals surface area contributed by atoms with Crippen LogP contribution in [0, 0.1) is 11.8 Å². The van der Waals surface area contributed by atoms with Crippen molar-refractivity contribution in [1.29, 1.82) is 0 Å². The van der Waals surface area contributed by atoms with E-state index in [1.807, 2.05) is 6.92 Å². The Balaban J connectivity index is 1.84. The molecule has 3 nitrogen and oxygen atoms in total. The highest BCUT2D eigenvalue weighted by Gasteiger charge is 2.38. The molecule has 0 spiro atoms. The molecule has 2 aliphatic rings. The van der Waals surface area contributed by atoms with Crippen molar-refractivity contribution in [3.63, 3.8) is 0 Å². The second-order valence-electron chi connectivity index (χ2n) is 6.39. The maximum absolute atomic E-state index is 12.2. The van der Waals surface area contributed by atoms with Gasteiger partial charge in [0.05, 0.1) is 5.92 Å². The second-order valence-corrected chi connectivity index (χ2v) is 6.39. The van der Waals surface area contributed by atoms with Gasteiger partial charge in [-0.2, -0.15) is 0 Å². The van der Waals surface area contributed by atoms with Gasteiger partial charge in [0.15, 0.2) is 0 Å².